The van der Waals surface area contributed by atoms with E-state index in [1.807, 2.05) is 36.1 Å². The molecule has 0 radical (unpaired) electrons. The number of rotatable bonds is 6. The molecule has 2 N–H and O–H groups in total. The summed E-state index contributed by atoms with van der Waals surface area (Å²) in [5, 5.41) is 5.92. The molecule has 11 heteroatoms. The minimum atomic E-state index is -0.750. The Morgan fingerprint density at radius 1 is 1.05 bits per heavy atom. The number of likely N-dealkylation sites (tertiary alicyclic amines) is 2. The average Bonchev–Trinajstić information content (AvgIpc) is 3.43. The lowest BCUT2D eigenvalue weighted by Crippen LogP contribution is -2.45. The van der Waals surface area contributed by atoms with Crippen LogP contribution in [0.15, 0.2) is 47.6 Å². The third-order valence-electron chi connectivity index (χ3n) is 6.99. The van der Waals surface area contributed by atoms with Crippen LogP contribution >= 0.6 is 0 Å². The summed E-state index contributed by atoms with van der Waals surface area (Å²) in [6.45, 7) is 3.96. The molecule has 0 spiro atoms. The predicted molar refractivity (Wildman–Crippen MR) is 152 cm³/mol. The van der Waals surface area contributed by atoms with Gasteiger partial charge in [-0.1, -0.05) is 12.1 Å². The molecule has 2 aliphatic rings. The quantitative estimate of drug-likeness (QED) is 0.422. The van der Waals surface area contributed by atoms with Gasteiger partial charge in [-0.05, 0) is 68.9 Å². The number of nitrogens with zero attached hydrogens (tertiary/aromatic N) is 5. The summed E-state index contributed by atoms with van der Waals surface area (Å²) in [6, 6.07) is 9.84. The smallest absolute Gasteiger partial charge is 0.271 e. The number of hydrogen-bond donors (Lipinski definition) is 2. The Bertz CT molecular complexity index is 1270. The first-order valence-electron chi connectivity index (χ1n) is 13.7. The summed E-state index contributed by atoms with van der Waals surface area (Å²) in [5.74, 6) is -0.899. The minimum absolute atomic E-state index is 0.0365. The summed E-state index contributed by atoms with van der Waals surface area (Å²) >= 11 is 0. The fourth-order valence-corrected chi connectivity index (χ4v) is 4.77. The van der Waals surface area contributed by atoms with Crippen molar-refractivity contribution < 1.29 is 19.2 Å². The Morgan fingerprint density at radius 2 is 1.80 bits per heavy atom. The lowest BCUT2D eigenvalue weighted by Gasteiger charge is -2.25. The SMILES string of the molecule is Cc1cccc(NC(=N[C@H]2CCCCN(CC(=O)N3CCCC3)C2=O)NC(=O)c2ccc(C(=O)N(C)C)nc2)c1. The Morgan fingerprint density at radius 3 is 2.48 bits per heavy atom. The summed E-state index contributed by atoms with van der Waals surface area (Å²) in [4.78, 5) is 65.2. The first-order chi connectivity index (χ1) is 19.2. The molecule has 4 rings (SSSR count). The van der Waals surface area contributed by atoms with Crippen molar-refractivity contribution in [3.8, 4) is 0 Å². The van der Waals surface area contributed by atoms with Crippen LogP contribution in [-0.2, 0) is 9.59 Å². The van der Waals surface area contributed by atoms with Crippen LogP contribution in [0.1, 0.15) is 58.5 Å². The second kappa shape index (κ2) is 13.2. The maximum Gasteiger partial charge on any atom is 0.271 e. The molecule has 2 aromatic rings. The zero-order chi connectivity index (χ0) is 28.6. The lowest BCUT2D eigenvalue weighted by molar-refractivity contribution is -0.140. The monoisotopic (exact) mass is 547 g/mol. The molecule has 0 saturated carbocycles. The first-order valence-corrected chi connectivity index (χ1v) is 13.7. The van der Waals surface area contributed by atoms with Crippen molar-refractivity contribution in [1.82, 2.24) is 25.0 Å². The minimum Gasteiger partial charge on any atom is -0.343 e. The van der Waals surface area contributed by atoms with Crippen LogP contribution in [0.2, 0.25) is 0 Å². The molecule has 40 heavy (non-hydrogen) atoms. The summed E-state index contributed by atoms with van der Waals surface area (Å²) in [7, 11) is 3.26. The molecule has 2 saturated heterocycles. The molecule has 0 aliphatic carbocycles. The van der Waals surface area contributed by atoms with Crippen LogP contribution in [0.3, 0.4) is 0 Å². The Balaban J connectivity index is 1.55. The molecule has 4 amide bonds. The molecule has 2 fully saturated rings. The molecule has 212 valence electrons. The van der Waals surface area contributed by atoms with Gasteiger partial charge >= 0.3 is 0 Å². The van der Waals surface area contributed by atoms with E-state index in [2.05, 4.69) is 20.6 Å². The van der Waals surface area contributed by atoms with E-state index in [9.17, 15) is 19.2 Å². The number of hydrogen-bond acceptors (Lipinski definition) is 6. The molecule has 1 aromatic carbocycles. The van der Waals surface area contributed by atoms with Crippen LogP contribution in [0, 0.1) is 6.92 Å². The topological polar surface area (TPSA) is 127 Å². The molecule has 0 unspecified atom stereocenters. The highest BCUT2D eigenvalue weighted by Crippen LogP contribution is 2.18. The van der Waals surface area contributed by atoms with Gasteiger partial charge < -0.3 is 20.0 Å². The van der Waals surface area contributed by atoms with E-state index < -0.39 is 11.9 Å². The van der Waals surface area contributed by atoms with E-state index in [-0.39, 0.29) is 41.5 Å². The van der Waals surface area contributed by atoms with Gasteiger partial charge in [0.2, 0.25) is 17.8 Å². The Hall–Kier alpha value is -4.28. The largest absolute Gasteiger partial charge is 0.343 e. The molecule has 2 aliphatic heterocycles. The number of pyridine rings is 1. The number of amides is 4. The van der Waals surface area contributed by atoms with Gasteiger partial charge in [-0.2, -0.15) is 0 Å². The fourth-order valence-electron chi connectivity index (χ4n) is 4.77. The van der Waals surface area contributed by atoms with Gasteiger partial charge in [-0.15, -0.1) is 0 Å². The number of aliphatic imine (C=N–C) groups is 1. The highest BCUT2D eigenvalue weighted by Gasteiger charge is 2.30. The van der Waals surface area contributed by atoms with Crippen molar-refractivity contribution in [3.63, 3.8) is 0 Å². The molecule has 1 aromatic heterocycles. The second-order valence-electron chi connectivity index (χ2n) is 10.4. The zero-order valence-corrected chi connectivity index (χ0v) is 23.4. The van der Waals surface area contributed by atoms with Gasteiger partial charge in [-0.25, -0.2) is 4.99 Å². The van der Waals surface area contributed by atoms with Gasteiger partial charge in [0.1, 0.15) is 11.7 Å². The van der Waals surface area contributed by atoms with E-state index >= 15 is 0 Å². The van der Waals surface area contributed by atoms with Crippen LogP contribution in [0.5, 0.6) is 0 Å². The van der Waals surface area contributed by atoms with Gasteiger partial charge in [0.15, 0.2) is 0 Å². The number of nitrogens with one attached hydrogen (secondary N) is 2. The molecule has 0 bridgehead atoms. The maximum absolute atomic E-state index is 13.5. The standard InChI is InChI=1S/C29H37N7O4/c1-20-9-8-10-22(17-20)31-29(33-26(38)21-12-13-23(30-18-21)27(39)34(2)3)32-24-11-4-5-16-36(28(24)40)19-25(37)35-14-6-7-15-35/h8-10,12-13,17-18,24H,4-7,11,14-16,19H2,1-3H3,(H2,31,32,33,38)/t24-/m0/s1. The van der Waals surface area contributed by atoms with Gasteiger partial charge in [0, 0.05) is 45.6 Å². The number of benzene rings is 1. The van der Waals surface area contributed by atoms with Crippen molar-refractivity contribution in [2.75, 3.05) is 45.6 Å². The van der Waals surface area contributed by atoms with Crippen molar-refractivity contribution in [3.05, 3.63) is 59.4 Å². The predicted octanol–water partition coefficient (Wildman–Crippen LogP) is 2.29. The lowest BCUT2D eigenvalue weighted by atomic mass is 10.1. The highest BCUT2D eigenvalue weighted by molar-refractivity contribution is 6.10. The molecule has 1 atom stereocenters. The molecular weight excluding hydrogens is 510 g/mol. The summed E-state index contributed by atoms with van der Waals surface area (Å²) in [5.41, 5.74) is 2.17. The maximum atomic E-state index is 13.5. The van der Waals surface area contributed by atoms with Crippen LogP contribution < -0.4 is 10.6 Å². The fraction of sp³-hybridized carbons (Fsp3) is 0.448. The van der Waals surface area contributed by atoms with E-state index in [1.165, 1.54) is 23.2 Å². The van der Waals surface area contributed by atoms with Crippen molar-refractivity contribution in [2.24, 2.45) is 4.99 Å². The number of carbonyl (C=O) groups excluding carboxylic acids is 4. The first kappa shape index (κ1) is 28.7. The van der Waals surface area contributed by atoms with Gasteiger partial charge in [0.25, 0.3) is 11.8 Å². The van der Waals surface area contributed by atoms with E-state index in [1.54, 1.807) is 19.0 Å². The third kappa shape index (κ3) is 7.43. The van der Waals surface area contributed by atoms with Gasteiger partial charge in [0.05, 0.1) is 12.1 Å². The summed E-state index contributed by atoms with van der Waals surface area (Å²) in [6.07, 6.45) is 5.37. The molecular formula is C29H37N7O4. The van der Waals surface area contributed by atoms with Crippen molar-refractivity contribution in [2.45, 2.75) is 45.1 Å². The average molecular weight is 548 g/mol. The Labute approximate surface area is 234 Å². The molecule has 11 nitrogen and oxygen atoms in total. The number of anilines is 1. The van der Waals surface area contributed by atoms with Gasteiger partial charge in [-0.3, -0.25) is 29.5 Å². The van der Waals surface area contributed by atoms with Crippen LogP contribution in [-0.4, -0.2) is 95.6 Å². The number of carbonyl (C=O) groups is 4. The van der Waals surface area contributed by atoms with Crippen molar-refractivity contribution in [1.29, 1.82) is 0 Å². The van der Waals surface area contributed by atoms with Crippen LogP contribution in [0.4, 0.5) is 5.69 Å². The van der Waals surface area contributed by atoms with Crippen LogP contribution in [0.25, 0.3) is 0 Å². The highest BCUT2D eigenvalue weighted by atomic mass is 16.2. The Kier molecular flexibility index (Phi) is 9.47. The van der Waals surface area contributed by atoms with E-state index in [0.717, 1.165) is 44.3 Å². The van der Waals surface area contributed by atoms with E-state index in [4.69, 9.17) is 0 Å². The second-order valence-corrected chi connectivity index (χ2v) is 10.4. The van der Waals surface area contributed by atoms with E-state index in [0.29, 0.717) is 18.7 Å². The zero-order valence-electron chi connectivity index (χ0n) is 23.4. The number of aromatic nitrogens is 1. The van der Waals surface area contributed by atoms with Crippen molar-refractivity contribution >= 4 is 35.3 Å². The normalized spacial score (nSPS) is 17.8. The number of guanidine groups is 1. The molecule has 3 heterocycles. The number of aryl methyl sites for hydroxylation is 1. The summed E-state index contributed by atoms with van der Waals surface area (Å²) < 4.78 is 0. The third-order valence-corrected chi connectivity index (χ3v) is 6.99.